The number of amides is 1. The van der Waals surface area contributed by atoms with Crippen molar-refractivity contribution in [2.45, 2.75) is 26.4 Å². The molecule has 108 valence electrons. The maximum absolute atomic E-state index is 12.2. The molecule has 0 saturated heterocycles. The third-order valence-corrected chi connectivity index (χ3v) is 2.88. The van der Waals surface area contributed by atoms with Gasteiger partial charge in [0.1, 0.15) is 5.60 Å². The van der Waals surface area contributed by atoms with Crippen LogP contribution in [0.5, 0.6) is 0 Å². The number of carbonyl (C=O) groups excluding carboxylic acids is 1. The van der Waals surface area contributed by atoms with Gasteiger partial charge in [0.25, 0.3) is 0 Å². The lowest BCUT2D eigenvalue weighted by atomic mass is 9.80. The van der Waals surface area contributed by atoms with Gasteiger partial charge in [-0.3, -0.25) is 4.90 Å². The number of ether oxygens (including phenoxy) is 1. The summed E-state index contributed by atoms with van der Waals surface area (Å²) in [5.41, 5.74) is 1.12. The van der Waals surface area contributed by atoms with Gasteiger partial charge in [0.15, 0.2) is 0 Å². The number of hydrogen-bond acceptors (Lipinski definition) is 5. The minimum Gasteiger partial charge on any atom is -0.443 e. The molecule has 0 atom stereocenters. The van der Waals surface area contributed by atoms with Crippen molar-refractivity contribution < 1.29 is 19.6 Å². The van der Waals surface area contributed by atoms with Crippen LogP contribution in [0.3, 0.4) is 0 Å². The van der Waals surface area contributed by atoms with Crippen molar-refractivity contribution in [3.63, 3.8) is 0 Å². The van der Waals surface area contributed by atoms with Crippen LogP contribution in [0, 0.1) is 0 Å². The molecule has 3 N–H and O–H groups in total. The Morgan fingerprint density at radius 3 is 2.70 bits per heavy atom. The molecule has 7 heteroatoms. The third kappa shape index (κ3) is 3.23. The van der Waals surface area contributed by atoms with E-state index in [1.807, 2.05) is 20.8 Å². The van der Waals surface area contributed by atoms with Gasteiger partial charge in [-0.2, -0.15) is 0 Å². The fourth-order valence-electron chi connectivity index (χ4n) is 2.01. The van der Waals surface area contributed by atoms with Crippen molar-refractivity contribution in [2.75, 3.05) is 23.3 Å². The Morgan fingerprint density at radius 2 is 2.10 bits per heavy atom. The molecule has 0 aromatic heterocycles. The molecule has 0 radical (unpaired) electrons. The number of benzene rings is 1. The van der Waals surface area contributed by atoms with Gasteiger partial charge in [-0.05, 0) is 38.4 Å². The van der Waals surface area contributed by atoms with E-state index in [0.29, 0.717) is 24.2 Å². The summed E-state index contributed by atoms with van der Waals surface area (Å²) in [6, 6.07) is 4.91. The first-order valence-corrected chi connectivity index (χ1v) is 6.52. The first-order chi connectivity index (χ1) is 9.28. The second-order valence-electron chi connectivity index (χ2n) is 5.71. The Balaban J connectivity index is 2.31. The number of carbonyl (C=O) groups is 1. The number of nitrogens with zero attached hydrogens (tertiary/aromatic N) is 1. The summed E-state index contributed by atoms with van der Waals surface area (Å²) in [6.07, 6.45) is -0.440. The predicted octanol–water partition coefficient (Wildman–Crippen LogP) is 0.533. The van der Waals surface area contributed by atoms with Crippen LogP contribution in [0.1, 0.15) is 20.8 Å². The van der Waals surface area contributed by atoms with Crippen LogP contribution in [-0.4, -0.2) is 42.0 Å². The van der Waals surface area contributed by atoms with E-state index in [9.17, 15) is 14.8 Å². The average Bonchev–Trinajstić information content (AvgIpc) is 2.35. The van der Waals surface area contributed by atoms with E-state index in [1.165, 1.54) is 4.90 Å². The number of nitrogens with one attached hydrogen (secondary N) is 1. The molecule has 6 nitrogen and oxygen atoms in total. The fourth-order valence-corrected chi connectivity index (χ4v) is 2.01. The Hall–Kier alpha value is -1.73. The molecular weight excluding hydrogens is 259 g/mol. The number of hydrogen-bond donors (Lipinski definition) is 3. The Kier molecular flexibility index (Phi) is 3.92. The predicted molar refractivity (Wildman–Crippen MR) is 78.3 cm³/mol. The van der Waals surface area contributed by atoms with E-state index < -0.39 is 18.8 Å². The Labute approximate surface area is 118 Å². The molecule has 1 amide bonds. The van der Waals surface area contributed by atoms with Crippen LogP contribution < -0.4 is 15.7 Å². The average molecular weight is 278 g/mol. The van der Waals surface area contributed by atoms with E-state index in [0.717, 1.165) is 5.69 Å². The van der Waals surface area contributed by atoms with Crippen molar-refractivity contribution in [1.82, 2.24) is 0 Å². The van der Waals surface area contributed by atoms with Gasteiger partial charge in [-0.15, -0.1) is 0 Å². The number of fused-ring (bicyclic) bond motifs is 1. The van der Waals surface area contributed by atoms with Crippen LogP contribution in [-0.2, 0) is 4.74 Å². The zero-order chi connectivity index (χ0) is 14.9. The van der Waals surface area contributed by atoms with Gasteiger partial charge in [0, 0.05) is 13.1 Å². The third-order valence-electron chi connectivity index (χ3n) is 2.88. The summed E-state index contributed by atoms with van der Waals surface area (Å²) < 4.78 is 5.37. The van der Waals surface area contributed by atoms with Crippen molar-refractivity contribution in [3.05, 3.63) is 18.2 Å². The molecule has 1 aromatic rings. The minimum absolute atomic E-state index is 0.334. The van der Waals surface area contributed by atoms with E-state index >= 15 is 0 Å². The van der Waals surface area contributed by atoms with Gasteiger partial charge in [0.2, 0.25) is 0 Å². The van der Waals surface area contributed by atoms with E-state index in [2.05, 4.69) is 5.32 Å². The molecule has 0 unspecified atom stereocenters. The van der Waals surface area contributed by atoms with Crippen LogP contribution in [0.25, 0.3) is 0 Å². The number of rotatable bonds is 1. The highest BCUT2D eigenvalue weighted by atomic mass is 16.6. The summed E-state index contributed by atoms with van der Waals surface area (Å²) in [6.45, 7) is 6.51. The van der Waals surface area contributed by atoms with Crippen LogP contribution in [0.2, 0.25) is 0 Å². The highest BCUT2D eigenvalue weighted by Gasteiger charge is 2.28. The molecule has 1 aromatic carbocycles. The molecule has 0 saturated carbocycles. The smallest absolute Gasteiger partial charge is 0.443 e. The summed E-state index contributed by atoms with van der Waals surface area (Å²) in [5.74, 6) is 0. The summed E-state index contributed by atoms with van der Waals surface area (Å²) in [5, 5.41) is 21.6. The zero-order valence-electron chi connectivity index (χ0n) is 11.9. The van der Waals surface area contributed by atoms with Gasteiger partial charge in [-0.25, -0.2) is 4.79 Å². The molecule has 0 aliphatic carbocycles. The van der Waals surface area contributed by atoms with Gasteiger partial charge >= 0.3 is 13.2 Å². The Bertz CT molecular complexity index is 514. The Morgan fingerprint density at radius 1 is 1.40 bits per heavy atom. The van der Waals surface area contributed by atoms with Crippen molar-refractivity contribution in [3.8, 4) is 0 Å². The monoisotopic (exact) mass is 278 g/mol. The maximum Gasteiger partial charge on any atom is 0.488 e. The largest absolute Gasteiger partial charge is 0.488 e. The zero-order valence-corrected chi connectivity index (χ0v) is 11.9. The standard InChI is InChI=1S/C13H19BN2O4/c1-13(2,3)20-12(17)16-7-6-15-10-5-4-9(14(18)19)8-11(10)16/h4-5,8,15,18-19H,6-7H2,1-3H3. The van der Waals surface area contributed by atoms with E-state index in [4.69, 9.17) is 4.74 Å². The highest BCUT2D eigenvalue weighted by Crippen LogP contribution is 2.29. The second-order valence-corrected chi connectivity index (χ2v) is 5.71. The lowest BCUT2D eigenvalue weighted by Crippen LogP contribution is -2.43. The molecule has 0 spiro atoms. The lowest BCUT2D eigenvalue weighted by Gasteiger charge is -2.32. The van der Waals surface area contributed by atoms with Crippen molar-refractivity contribution in [2.24, 2.45) is 0 Å². The topological polar surface area (TPSA) is 82.0 Å². The van der Waals surface area contributed by atoms with Crippen LogP contribution in [0.4, 0.5) is 16.2 Å². The highest BCUT2D eigenvalue weighted by molar-refractivity contribution is 6.58. The van der Waals surface area contributed by atoms with Crippen LogP contribution in [0.15, 0.2) is 18.2 Å². The van der Waals surface area contributed by atoms with Gasteiger partial charge in [0.05, 0.1) is 11.4 Å². The quantitative estimate of drug-likeness (QED) is 0.653. The normalized spacial score (nSPS) is 14.3. The van der Waals surface area contributed by atoms with Gasteiger partial charge < -0.3 is 20.1 Å². The first-order valence-electron chi connectivity index (χ1n) is 6.52. The minimum atomic E-state index is -1.57. The molecule has 0 fully saturated rings. The van der Waals surface area contributed by atoms with Gasteiger partial charge in [-0.1, -0.05) is 6.07 Å². The molecule has 1 heterocycles. The van der Waals surface area contributed by atoms with Crippen molar-refractivity contribution >= 4 is 30.0 Å². The SMILES string of the molecule is CC(C)(C)OC(=O)N1CCNc2ccc(B(O)O)cc21. The molecule has 2 rings (SSSR count). The lowest BCUT2D eigenvalue weighted by molar-refractivity contribution is 0.0581. The fraction of sp³-hybridized carbons (Fsp3) is 0.462. The summed E-state index contributed by atoms with van der Waals surface area (Å²) in [4.78, 5) is 13.7. The second kappa shape index (κ2) is 5.34. The molecule has 1 aliphatic heterocycles. The summed E-state index contributed by atoms with van der Waals surface area (Å²) >= 11 is 0. The molecule has 20 heavy (non-hydrogen) atoms. The van der Waals surface area contributed by atoms with Crippen LogP contribution >= 0.6 is 0 Å². The maximum atomic E-state index is 12.2. The first kappa shape index (κ1) is 14.7. The number of anilines is 2. The van der Waals surface area contributed by atoms with Crippen molar-refractivity contribution in [1.29, 1.82) is 0 Å². The molecular formula is C13H19BN2O4. The molecule has 1 aliphatic rings. The summed E-state index contributed by atoms with van der Waals surface area (Å²) in [7, 11) is -1.57. The van der Waals surface area contributed by atoms with E-state index in [-0.39, 0.29) is 0 Å². The molecule has 0 bridgehead atoms. The van der Waals surface area contributed by atoms with E-state index in [1.54, 1.807) is 18.2 Å².